The second-order valence-electron chi connectivity index (χ2n) is 4.76. The Kier molecular flexibility index (Phi) is 5.77. The first-order chi connectivity index (χ1) is 6.38. The minimum Gasteiger partial charge on any atom is -0.353 e. The molecule has 0 aromatic carbocycles. The maximum atomic E-state index is 11.4. The van der Waals surface area contributed by atoms with E-state index < -0.39 is 0 Å². The fourth-order valence-corrected chi connectivity index (χ4v) is 0.909. The van der Waals surface area contributed by atoms with Crippen molar-refractivity contribution in [3.63, 3.8) is 0 Å². The van der Waals surface area contributed by atoms with Crippen LogP contribution in [0.5, 0.6) is 0 Å². The summed E-state index contributed by atoms with van der Waals surface area (Å²) in [6.45, 7) is 12.1. The first-order valence-electron chi connectivity index (χ1n) is 5.38. The normalized spacial score (nSPS) is 13.8. The lowest BCUT2D eigenvalue weighted by Crippen LogP contribution is -2.42. The highest BCUT2D eigenvalue weighted by Gasteiger charge is 2.21. The first kappa shape index (κ1) is 13.4. The van der Waals surface area contributed by atoms with Crippen LogP contribution in [0.4, 0.5) is 0 Å². The molecule has 1 amide bonds. The van der Waals surface area contributed by atoms with Crippen LogP contribution in [0.15, 0.2) is 0 Å². The fourth-order valence-electron chi connectivity index (χ4n) is 0.909. The summed E-state index contributed by atoms with van der Waals surface area (Å²) >= 11 is 0. The van der Waals surface area contributed by atoms with Crippen LogP contribution in [0.2, 0.25) is 0 Å². The van der Waals surface area contributed by atoms with E-state index in [0.29, 0.717) is 6.42 Å². The Balaban J connectivity index is 3.72. The third kappa shape index (κ3) is 5.97. The number of carbonyl (C=O) groups is 1. The zero-order valence-electron chi connectivity index (χ0n) is 10.1. The molecule has 1 atom stereocenters. The van der Waals surface area contributed by atoms with Crippen molar-refractivity contribution in [1.29, 1.82) is 0 Å². The SMILES string of the molecule is CCNCCC(=O)NC(C)C(C)(C)C. The van der Waals surface area contributed by atoms with E-state index in [2.05, 4.69) is 31.4 Å². The first-order valence-corrected chi connectivity index (χ1v) is 5.38. The molecule has 0 aromatic heterocycles. The van der Waals surface area contributed by atoms with Gasteiger partial charge >= 0.3 is 0 Å². The highest BCUT2D eigenvalue weighted by atomic mass is 16.1. The zero-order valence-corrected chi connectivity index (χ0v) is 10.1. The molecule has 3 nitrogen and oxygen atoms in total. The van der Waals surface area contributed by atoms with Crippen molar-refractivity contribution in [3.05, 3.63) is 0 Å². The van der Waals surface area contributed by atoms with Gasteiger partial charge in [-0.2, -0.15) is 0 Å². The van der Waals surface area contributed by atoms with Crippen LogP contribution in [-0.2, 0) is 4.79 Å². The molecule has 84 valence electrons. The van der Waals surface area contributed by atoms with Crippen LogP contribution in [0.3, 0.4) is 0 Å². The molecule has 0 aliphatic heterocycles. The quantitative estimate of drug-likeness (QED) is 0.661. The number of hydrogen-bond donors (Lipinski definition) is 2. The molecule has 2 N–H and O–H groups in total. The summed E-state index contributed by atoms with van der Waals surface area (Å²) in [6.07, 6.45) is 0.564. The summed E-state index contributed by atoms with van der Waals surface area (Å²) in [5.74, 6) is 0.133. The van der Waals surface area contributed by atoms with E-state index >= 15 is 0 Å². The topological polar surface area (TPSA) is 41.1 Å². The number of amides is 1. The largest absolute Gasteiger partial charge is 0.353 e. The molecule has 14 heavy (non-hydrogen) atoms. The average Bonchev–Trinajstić information content (AvgIpc) is 2.03. The van der Waals surface area contributed by atoms with Gasteiger partial charge in [0, 0.05) is 19.0 Å². The Labute approximate surface area is 87.6 Å². The lowest BCUT2D eigenvalue weighted by Gasteiger charge is -2.28. The van der Waals surface area contributed by atoms with Gasteiger partial charge in [0.25, 0.3) is 0 Å². The van der Waals surface area contributed by atoms with Crippen molar-refractivity contribution in [2.45, 2.75) is 47.1 Å². The van der Waals surface area contributed by atoms with Crippen molar-refractivity contribution in [2.75, 3.05) is 13.1 Å². The number of nitrogens with one attached hydrogen (secondary N) is 2. The fraction of sp³-hybridized carbons (Fsp3) is 0.909. The Hall–Kier alpha value is -0.570. The van der Waals surface area contributed by atoms with Gasteiger partial charge in [-0.1, -0.05) is 27.7 Å². The minimum atomic E-state index is 0.133. The van der Waals surface area contributed by atoms with E-state index in [0.717, 1.165) is 13.1 Å². The molecule has 0 saturated heterocycles. The monoisotopic (exact) mass is 200 g/mol. The van der Waals surface area contributed by atoms with Crippen LogP contribution in [0.25, 0.3) is 0 Å². The number of hydrogen-bond acceptors (Lipinski definition) is 2. The third-order valence-corrected chi connectivity index (χ3v) is 2.46. The van der Waals surface area contributed by atoms with E-state index in [1.54, 1.807) is 0 Å². The Morgan fingerprint density at radius 2 is 1.93 bits per heavy atom. The Morgan fingerprint density at radius 3 is 2.36 bits per heavy atom. The maximum Gasteiger partial charge on any atom is 0.221 e. The molecule has 0 aliphatic rings. The lowest BCUT2D eigenvalue weighted by atomic mass is 9.88. The molecular formula is C11H24N2O. The summed E-state index contributed by atoms with van der Waals surface area (Å²) in [5.41, 5.74) is 0.133. The second kappa shape index (κ2) is 6.02. The second-order valence-corrected chi connectivity index (χ2v) is 4.76. The highest BCUT2D eigenvalue weighted by molar-refractivity contribution is 5.76. The van der Waals surface area contributed by atoms with Crippen molar-refractivity contribution in [2.24, 2.45) is 5.41 Å². The molecule has 3 heteroatoms. The molecule has 0 fully saturated rings. The van der Waals surface area contributed by atoms with E-state index in [1.807, 2.05) is 13.8 Å². The van der Waals surface area contributed by atoms with Gasteiger partial charge in [0.2, 0.25) is 5.91 Å². The standard InChI is InChI=1S/C11H24N2O/c1-6-12-8-7-10(14)13-9(2)11(3,4)5/h9,12H,6-8H2,1-5H3,(H,13,14). The zero-order chi connectivity index (χ0) is 11.2. The van der Waals surface area contributed by atoms with Crippen LogP contribution in [-0.4, -0.2) is 25.0 Å². The van der Waals surface area contributed by atoms with E-state index in [9.17, 15) is 4.79 Å². The predicted octanol–water partition coefficient (Wildman–Crippen LogP) is 1.54. The van der Waals surface area contributed by atoms with E-state index in [4.69, 9.17) is 0 Å². The average molecular weight is 200 g/mol. The Morgan fingerprint density at radius 1 is 1.36 bits per heavy atom. The lowest BCUT2D eigenvalue weighted by molar-refractivity contribution is -0.122. The molecule has 0 rings (SSSR count). The van der Waals surface area contributed by atoms with Gasteiger partial charge in [0.05, 0.1) is 0 Å². The molecule has 0 heterocycles. The van der Waals surface area contributed by atoms with Crippen molar-refractivity contribution in [3.8, 4) is 0 Å². The highest BCUT2D eigenvalue weighted by Crippen LogP contribution is 2.18. The third-order valence-electron chi connectivity index (χ3n) is 2.46. The molecule has 0 radical (unpaired) electrons. The van der Waals surface area contributed by atoms with Crippen LogP contribution in [0, 0.1) is 5.41 Å². The van der Waals surface area contributed by atoms with Crippen LogP contribution in [0.1, 0.15) is 41.0 Å². The van der Waals surface area contributed by atoms with Crippen LogP contribution < -0.4 is 10.6 Å². The molecule has 1 unspecified atom stereocenters. The molecule has 0 aromatic rings. The maximum absolute atomic E-state index is 11.4. The summed E-state index contributed by atoms with van der Waals surface area (Å²) in [6, 6.07) is 0.219. The summed E-state index contributed by atoms with van der Waals surface area (Å²) < 4.78 is 0. The number of carbonyl (C=O) groups excluding carboxylic acids is 1. The molecule has 0 spiro atoms. The molecule has 0 saturated carbocycles. The van der Waals surface area contributed by atoms with Gasteiger partial charge < -0.3 is 10.6 Å². The van der Waals surface area contributed by atoms with Crippen molar-refractivity contribution in [1.82, 2.24) is 10.6 Å². The summed E-state index contributed by atoms with van der Waals surface area (Å²) in [5, 5.41) is 6.13. The molecule has 0 bridgehead atoms. The summed E-state index contributed by atoms with van der Waals surface area (Å²) in [7, 11) is 0. The smallest absolute Gasteiger partial charge is 0.221 e. The Bertz CT molecular complexity index is 173. The van der Waals surface area contributed by atoms with Gasteiger partial charge in [-0.15, -0.1) is 0 Å². The molecule has 0 aliphatic carbocycles. The van der Waals surface area contributed by atoms with Crippen LogP contribution >= 0.6 is 0 Å². The van der Waals surface area contributed by atoms with E-state index in [-0.39, 0.29) is 17.4 Å². The predicted molar refractivity (Wildman–Crippen MR) is 60.2 cm³/mol. The van der Waals surface area contributed by atoms with E-state index in [1.165, 1.54) is 0 Å². The summed E-state index contributed by atoms with van der Waals surface area (Å²) in [4.78, 5) is 11.4. The van der Waals surface area contributed by atoms with Gasteiger partial charge in [-0.05, 0) is 18.9 Å². The minimum absolute atomic E-state index is 0.133. The number of rotatable bonds is 5. The van der Waals surface area contributed by atoms with Gasteiger partial charge in [0.1, 0.15) is 0 Å². The van der Waals surface area contributed by atoms with Crippen molar-refractivity contribution < 1.29 is 4.79 Å². The van der Waals surface area contributed by atoms with Gasteiger partial charge in [-0.3, -0.25) is 4.79 Å². The van der Waals surface area contributed by atoms with Gasteiger partial charge in [-0.25, -0.2) is 0 Å². The van der Waals surface area contributed by atoms with Gasteiger partial charge in [0.15, 0.2) is 0 Å². The van der Waals surface area contributed by atoms with Crippen molar-refractivity contribution >= 4 is 5.91 Å². The molecular weight excluding hydrogens is 176 g/mol.